The highest BCUT2D eigenvalue weighted by Gasteiger charge is 2.53. The lowest BCUT2D eigenvalue weighted by Crippen LogP contribution is -2.20. The van der Waals surface area contributed by atoms with E-state index in [-0.39, 0.29) is 10.6 Å². The number of carboxylic acids is 1. The summed E-state index contributed by atoms with van der Waals surface area (Å²) in [6, 6.07) is 3.75. The van der Waals surface area contributed by atoms with Crippen molar-refractivity contribution in [1.82, 2.24) is 0 Å². The molecular weight excluding hydrogens is 238 g/mol. The molecule has 0 bridgehead atoms. The summed E-state index contributed by atoms with van der Waals surface area (Å²) in [7, 11) is 0. The lowest BCUT2D eigenvalue weighted by atomic mass is 9.94. The van der Waals surface area contributed by atoms with Gasteiger partial charge >= 0.3 is 5.97 Å². The first kappa shape index (κ1) is 11.3. The first-order valence-corrected chi connectivity index (χ1v) is 5.16. The van der Waals surface area contributed by atoms with Crippen molar-refractivity contribution in [3.05, 3.63) is 34.3 Å². The van der Waals surface area contributed by atoms with Gasteiger partial charge in [-0.1, -0.05) is 17.7 Å². The molecule has 0 radical (unpaired) electrons. The van der Waals surface area contributed by atoms with E-state index in [1.807, 2.05) is 0 Å². The third-order valence-corrected chi connectivity index (χ3v) is 3.25. The topological polar surface area (TPSA) is 37.3 Å². The number of carboxylic acid groups (broad SMARTS) is 1. The Bertz CT molecular complexity index is 442. The second kappa shape index (κ2) is 3.70. The van der Waals surface area contributed by atoms with E-state index in [1.54, 1.807) is 0 Å². The van der Waals surface area contributed by atoms with Gasteiger partial charge in [-0.05, 0) is 30.5 Å². The second-order valence-electron chi connectivity index (χ2n) is 3.93. The molecule has 5 heteroatoms. The average molecular weight is 247 g/mol. The van der Waals surface area contributed by atoms with Crippen molar-refractivity contribution in [2.24, 2.45) is 0 Å². The molecule has 1 aromatic carbocycles. The molecule has 1 aliphatic carbocycles. The second-order valence-corrected chi connectivity index (χ2v) is 4.33. The molecular formula is C11H9ClF2O2. The van der Waals surface area contributed by atoms with Crippen molar-refractivity contribution in [3.8, 4) is 0 Å². The Kier molecular flexibility index (Phi) is 2.62. The van der Waals surface area contributed by atoms with Gasteiger partial charge in [0.2, 0.25) is 0 Å². The Morgan fingerprint density at radius 2 is 2.06 bits per heavy atom. The van der Waals surface area contributed by atoms with Crippen LogP contribution in [-0.2, 0) is 10.2 Å². The number of carbonyl (C=O) groups is 1. The zero-order valence-electron chi connectivity index (χ0n) is 8.21. The van der Waals surface area contributed by atoms with Crippen molar-refractivity contribution in [2.45, 2.75) is 24.7 Å². The Hall–Kier alpha value is -1.16. The molecule has 1 aromatic rings. The van der Waals surface area contributed by atoms with Crippen LogP contribution in [0.1, 0.15) is 30.4 Å². The molecule has 1 N–H and O–H groups in total. The van der Waals surface area contributed by atoms with Crippen LogP contribution in [0.25, 0.3) is 0 Å². The molecule has 0 saturated heterocycles. The summed E-state index contributed by atoms with van der Waals surface area (Å²) >= 11 is 5.86. The molecule has 0 aromatic heterocycles. The molecule has 0 atom stereocenters. The van der Waals surface area contributed by atoms with Crippen LogP contribution in [0.2, 0.25) is 5.02 Å². The average Bonchev–Trinajstić information content (AvgIpc) is 2.98. The molecule has 86 valence electrons. The van der Waals surface area contributed by atoms with Crippen molar-refractivity contribution in [2.75, 3.05) is 0 Å². The number of rotatable bonds is 3. The Morgan fingerprint density at radius 3 is 2.50 bits per heavy atom. The zero-order chi connectivity index (χ0) is 11.9. The van der Waals surface area contributed by atoms with Gasteiger partial charge in [0.25, 0.3) is 6.43 Å². The molecule has 2 rings (SSSR count). The number of benzene rings is 1. The fourth-order valence-corrected chi connectivity index (χ4v) is 2.07. The standard InChI is InChI=1S/C11H9ClF2O2/c12-8-2-1-6(9(13)14)5-7(8)11(3-4-11)10(15)16/h1-2,5,9H,3-4H2,(H,15,16). The van der Waals surface area contributed by atoms with E-state index in [9.17, 15) is 13.6 Å². The molecule has 0 amide bonds. The van der Waals surface area contributed by atoms with Gasteiger partial charge in [0, 0.05) is 10.6 Å². The maximum atomic E-state index is 12.5. The first-order valence-electron chi connectivity index (χ1n) is 4.79. The summed E-state index contributed by atoms with van der Waals surface area (Å²) < 4.78 is 25.0. The molecule has 0 aliphatic heterocycles. The lowest BCUT2D eigenvalue weighted by molar-refractivity contribution is -0.140. The van der Waals surface area contributed by atoms with Gasteiger partial charge in [0.15, 0.2) is 0 Å². The minimum absolute atomic E-state index is 0.188. The summed E-state index contributed by atoms with van der Waals surface area (Å²) in [4.78, 5) is 11.1. The van der Waals surface area contributed by atoms with E-state index >= 15 is 0 Å². The fraction of sp³-hybridized carbons (Fsp3) is 0.364. The summed E-state index contributed by atoms with van der Waals surface area (Å²) in [5.41, 5.74) is -0.923. The molecule has 2 nitrogen and oxygen atoms in total. The summed E-state index contributed by atoms with van der Waals surface area (Å²) in [5, 5.41) is 9.31. The predicted octanol–water partition coefficient (Wildman–Crippen LogP) is 3.39. The van der Waals surface area contributed by atoms with E-state index in [4.69, 9.17) is 16.7 Å². The summed E-state index contributed by atoms with van der Waals surface area (Å²) in [6.45, 7) is 0. The van der Waals surface area contributed by atoms with E-state index in [0.29, 0.717) is 18.4 Å². The molecule has 16 heavy (non-hydrogen) atoms. The third-order valence-electron chi connectivity index (χ3n) is 2.92. The highest BCUT2D eigenvalue weighted by Crippen LogP contribution is 2.51. The third kappa shape index (κ3) is 1.67. The SMILES string of the molecule is O=C(O)C1(c2cc(C(F)F)ccc2Cl)CC1. The molecule has 1 fully saturated rings. The number of alkyl halides is 2. The molecule has 0 unspecified atom stereocenters. The van der Waals surface area contributed by atoms with Crippen LogP contribution < -0.4 is 0 Å². The van der Waals surface area contributed by atoms with Gasteiger partial charge < -0.3 is 5.11 Å². The van der Waals surface area contributed by atoms with Crippen molar-refractivity contribution < 1.29 is 18.7 Å². The first-order chi connectivity index (χ1) is 7.47. The van der Waals surface area contributed by atoms with Crippen molar-refractivity contribution in [3.63, 3.8) is 0 Å². The maximum absolute atomic E-state index is 12.5. The minimum Gasteiger partial charge on any atom is -0.481 e. The number of halogens is 3. The summed E-state index contributed by atoms with van der Waals surface area (Å²) in [6.07, 6.45) is -1.70. The Balaban J connectivity index is 2.48. The molecule has 1 saturated carbocycles. The summed E-state index contributed by atoms with van der Waals surface area (Å²) in [5.74, 6) is -0.999. The van der Waals surface area contributed by atoms with Gasteiger partial charge in [0.1, 0.15) is 0 Å². The number of hydrogen-bond donors (Lipinski definition) is 1. The van der Waals surface area contributed by atoms with Crippen LogP contribution in [0.3, 0.4) is 0 Å². The van der Waals surface area contributed by atoms with Gasteiger partial charge in [-0.2, -0.15) is 0 Å². The van der Waals surface area contributed by atoms with Crippen molar-refractivity contribution >= 4 is 17.6 Å². The minimum atomic E-state index is -2.61. The normalized spacial score (nSPS) is 17.5. The van der Waals surface area contributed by atoms with Crippen LogP contribution in [0.4, 0.5) is 8.78 Å². The smallest absolute Gasteiger partial charge is 0.314 e. The lowest BCUT2D eigenvalue weighted by Gasteiger charge is -2.13. The van der Waals surface area contributed by atoms with Gasteiger partial charge in [0.05, 0.1) is 5.41 Å². The predicted molar refractivity (Wildman–Crippen MR) is 55.0 cm³/mol. The van der Waals surface area contributed by atoms with Crippen LogP contribution >= 0.6 is 11.6 Å². The van der Waals surface area contributed by atoms with Gasteiger partial charge in [-0.3, -0.25) is 4.79 Å². The highest BCUT2D eigenvalue weighted by atomic mass is 35.5. The largest absolute Gasteiger partial charge is 0.481 e. The quantitative estimate of drug-likeness (QED) is 0.888. The maximum Gasteiger partial charge on any atom is 0.314 e. The Morgan fingerprint density at radius 1 is 1.44 bits per heavy atom. The monoisotopic (exact) mass is 246 g/mol. The number of hydrogen-bond acceptors (Lipinski definition) is 1. The van der Waals surface area contributed by atoms with Crippen molar-refractivity contribution in [1.29, 1.82) is 0 Å². The molecule has 0 spiro atoms. The van der Waals surface area contributed by atoms with E-state index in [0.717, 1.165) is 0 Å². The number of aliphatic carboxylic acids is 1. The van der Waals surface area contributed by atoms with Gasteiger partial charge in [-0.25, -0.2) is 8.78 Å². The zero-order valence-corrected chi connectivity index (χ0v) is 8.97. The molecule has 1 aliphatic rings. The van der Waals surface area contributed by atoms with Crippen LogP contribution in [0.15, 0.2) is 18.2 Å². The highest BCUT2D eigenvalue weighted by molar-refractivity contribution is 6.31. The molecule has 0 heterocycles. The van der Waals surface area contributed by atoms with Crippen LogP contribution in [0.5, 0.6) is 0 Å². The van der Waals surface area contributed by atoms with E-state index < -0.39 is 17.8 Å². The van der Waals surface area contributed by atoms with Crippen LogP contribution in [0, 0.1) is 0 Å². The van der Waals surface area contributed by atoms with E-state index in [2.05, 4.69) is 0 Å². The fourth-order valence-electron chi connectivity index (χ4n) is 1.77. The Labute approximate surface area is 95.8 Å². The van der Waals surface area contributed by atoms with E-state index in [1.165, 1.54) is 18.2 Å². The van der Waals surface area contributed by atoms with Crippen LogP contribution in [-0.4, -0.2) is 11.1 Å². The van der Waals surface area contributed by atoms with Gasteiger partial charge in [-0.15, -0.1) is 0 Å².